The number of nitrogens with zero attached hydrogens (tertiary/aromatic N) is 1. The van der Waals surface area contributed by atoms with Crippen molar-refractivity contribution in [3.05, 3.63) is 71.3 Å². The molecule has 100 valence electrons. The van der Waals surface area contributed by atoms with E-state index in [1.807, 2.05) is 18.2 Å². The number of amidine groups is 1. The molecule has 1 heterocycles. The van der Waals surface area contributed by atoms with E-state index < -0.39 is 0 Å². The molecular formula is C17H16N2O. The van der Waals surface area contributed by atoms with Gasteiger partial charge in [0.15, 0.2) is 0 Å². The summed E-state index contributed by atoms with van der Waals surface area (Å²) in [6.45, 7) is 0. The summed E-state index contributed by atoms with van der Waals surface area (Å²) in [5.41, 5.74) is 9.73. The second kappa shape index (κ2) is 4.37. The molecule has 0 radical (unpaired) electrons. The summed E-state index contributed by atoms with van der Waals surface area (Å²) in [6.07, 6.45) is 1.03. The Morgan fingerprint density at radius 1 is 1.00 bits per heavy atom. The van der Waals surface area contributed by atoms with Gasteiger partial charge in [-0.3, -0.25) is 0 Å². The van der Waals surface area contributed by atoms with E-state index in [-0.39, 0.29) is 12.1 Å². The lowest BCUT2D eigenvalue weighted by Crippen LogP contribution is -2.31. The first-order valence-electron chi connectivity index (χ1n) is 6.95. The summed E-state index contributed by atoms with van der Waals surface area (Å²) in [6, 6.07) is 19.2. The van der Waals surface area contributed by atoms with Crippen molar-refractivity contribution in [2.75, 3.05) is 0 Å². The van der Waals surface area contributed by atoms with Gasteiger partial charge in [-0.1, -0.05) is 54.6 Å². The van der Waals surface area contributed by atoms with Crippen molar-refractivity contribution in [2.45, 2.75) is 18.6 Å². The first kappa shape index (κ1) is 11.5. The van der Waals surface area contributed by atoms with Crippen molar-refractivity contribution in [2.24, 2.45) is 16.6 Å². The van der Waals surface area contributed by atoms with E-state index in [1.165, 1.54) is 16.7 Å². The lowest BCUT2D eigenvalue weighted by Gasteiger charge is -2.31. The number of benzene rings is 2. The molecule has 3 nitrogen and oxygen atoms in total. The zero-order valence-electron chi connectivity index (χ0n) is 11.1. The average Bonchev–Trinajstić information content (AvgIpc) is 2.86. The lowest BCUT2D eigenvalue weighted by atomic mass is 9.88. The lowest BCUT2D eigenvalue weighted by molar-refractivity contribution is 0.0964. The maximum absolute atomic E-state index is 5.90. The molecule has 20 heavy (non-hydrogen) atoms. The van der Waals surface area contributed by atoms with Gasteiger partial charge >= 0.3 is 0 Å². The molecule has 0 unspecified atom stereocenters. The number of hydrogen-bond acceptors (Lipinski definition) is 3. The van der Waals surface area contributed by atoms with E-state index in [1.54, 1.807) is 0 Å². The smallest absolute Gasteiger partial charge is 0.283 e. The Kier molecular flexibility index (Phi) is 2.52. The number of ether oxygens (including phenoxy) is 1. The van der Waals surface area contributed by atoms with Crippen LogP contribution in [0.25, 0.3) is 0 Å². The summed E-state index contributed by atoms with van der Waals surface area (Å²) in [4.78, 5) is 4.55. The Morgan fingerprint density at radius 3 is 2.60 bits per heavy atom. The quantitative estimate of drug-likeness (QED) is 0.860. The van der Waals surface area contributed by atoms with Crippen molar-refractivity contribution in [1.82, 2.24) is 0 Å². The predicted molar refractivity (Wildman–Crippen MR) is 78.3 cm³/mol. The molecule has 0 fully saturated rings. The average molecular weight is 264 g/mol. The predicted octanol–water partition coefficient (Wildman–Crippen LogP) is 2.99. The molecule has 0 bridgehead atoms. The van der Waals surface area contributed by atoms with Crippen molar-refractivity contribution in [3.63, 3.8) is 0 Å². The standard InChI is InChI=1S/C17H16N2O/c18-17-19-15(11-6-2-1-3-7-11)14-10-12-8-4-5-9-13(12)16(14)20-17/h1-9,14-16H,10H2,(H2,18,19)/t14-,15+,16+/m0/s1. The van der Waals surface area contributed by atoms with Crippen LogP contribution in [0, 0.1) is 5.92 Å². The van der Waals surface area contributed by atoms with Gasteiger partial charge in [0.2, 0.25) is 0 Å². The zero-order chi connectivity index (χ0) is 13.5. The number of aliphatic imine (C=N–C) groups is 1. The molecule has 0 amide bonds. The van der Waals surface area contributed by atoms with Crippen molar-refractivity contribution in [1.29, 1.82) is 0 Å². The third kappa shape index (κ3) is 1.70. The molecule has 2 aromatic rings. The van der Waals surface area contributed by atoms with Crippen LogP contribution in [-0.4, -0.2) is 6.02 Å². The van der Waals surface area contributed by atoms with Crippen LogP contribution < -0.4 is 5.73 Å². The van der Waals surface area contributed by atoms with Crippen LogP contribution in [0.4, 0.5) is 0 Å². The monoisotopic (exact) mass is 264 g/mol. The first-order valence-corrected chi connectivity index (χ1v) is 6.95. The van der Waals surface area contributed by atoms with Gasteiger partial charge in [0.25, 0.3) is 6.02 Å². The summed E-state index contributed by atoms with van der Waals surface area (Å²) >= 11 is 0. The van der Waals surface area contributed by atoms with Gasteiger partial charge in [-0.05, 0) is 23.1 Å². The van der Waals surface area contributed by atoms with Crippen LogP contribution in [0.1, 0.15) is 28.8 Å². The van der Waals surface area contributed by atoms with Crippen LogP contribution in [0.15, 0.2) is 59.6 Å². The number of hydrogen-bond donors (Lipinski definition) is 1. The van der Waals surface area contributed by atoms with Crippen molar-refractivity contribution in [3.8, 4) is 0 Å². The molecule has 0 saturated carbocycles. The van der Waals surface area contributed by atoms with Gasteiger partial charge < -0.3 is 10.5 Å². The number of rotatable bonds is 1. The minimum atomic E-state index is 0.0360. The Labute approximate surface area is 118 Å². The molecule has 1 aliphatic heterocycles. The SMILES string of the molecule is NC1=N[C@H](c2ccccc2)[C@@H]2Cc3ccccc3[C@H]2O1. The van der Waals surface area contributed by atoms with Gasteiger partial charge in [0.1, 0.15) is 6.10 Å². The maximum Gasteiger partial charge on any atom is 0.283 e. The summed E-state index contributed by atoms with van der Waals surface area (Å²) in [7, 11) is 0. The fourth-order valence-corrected chi connectivity index (χ4v) is 3.38. The van der Waals surface area contributed by atoms with E-state index in [9.17, 15) is 0 Å². The molecule has 1 aliphatic carbocycles. The fraction of sp³-hybridized carbons (Fsp3) is 0.235. The highest BCUT2D eigenvalue weighted by Gasteiger charge is 2.42. The van der Waals surface area contributed by atoms with E-state index in [2.05, 4.69) is 41.4 Å². The fourth-order valence-electron chi connectivity index (χ4n) is 3.38. The van der Waals surface area contributed by atoms with Crippen molar-refractivity contribution >= 4 is 6.02 Å². The number of fused-ring (bicyclic) bond motifs is 3. The largest absolute Gasteiger partial charge is 0.457 e. The van der Waals surface area contributed by atoms with E-state index >= 15 is 0 Å². The zero-order valence-corrected chi connectivity index (χ0v) is 11.1. The van der Waals surface area contributed by atoms with Crippen LogP contribution in [-0.2, 0) is 11.2 Å². The topological polar surface area (TPSA) is 47.6 Å². The molecule has 0 spiro atoms. The van der Waals surface area contributed by atoms with Crippen LogP contribution in [0.3, 0.4) is 0 Å². The summed E-state index contributed by atoms with van der Waals surface area (Å²) in [5.74, 6) is 0.335. The Morgan fingerprint density at radius 2 is 1.75 bits per heavy atom. The van der Waals surface area contributed by atoms with E-state index in [0.717, 1.165) is 6.42 Å². The third-order valence-corrected chi connectivity index (χ3v) is 4.27. The molecule has 4 rings (SSSR count). The van der Waals surface area contributed by atoms with Gasteiger partial charge in [-0.25, -0.2) is 4.99 Å². The summed E-state index contributed by atoms with van der Waals surface area (Å²) in [5, 5.41) is 0. The second-order valence-corrected chi connectivity index (χ2v) is 5.43. The molecule has 3 heteroatoms. The molecule has 3 atom stereocenters. The van der Waals surface area contributed by atoms with Crippen LogP contribution >= 0.6 is 0 Å². The molecule has 2 N–H and O–H groups in total. The molecule has 2 aromatic carbocycles. The highest BCUT2D eigenvalue weighted by atomic mass is 16.5. The van der Waals surface area contributed by atoms with Gasteiger partial charge in [-0.2, -0.15) is 0 Å². The van der Waals surface area contributed by atoms with Gasteiger partial charge in [-0.15, -0.1) is 0 Å². The summed E-state index contributed by atoms with van der Waals surface area (Å²) < 4.78 is 5.82. The van der Waals surface area contributed by atoms with Gasteiger partial charge in [0, 0.05) is 5.92 Å². The Bertz CT molecular complexity index is 666. The molecular weight excluding hydrogens is 248 g/mol. The maximum atomic E-state index is 5.90. The van der Waals surface area contributed by atoms with Crippen molar-refractivity contribution < 1.29 is 4.74 Å². The van der Waals surface area contributed by atoms with Gasteiger partial charge in [0.05, 0.1) is 6.04 Å². The second-order valence-electron chi connectivity index (χ2n) is 5.43. The Balaban J connectivity index is 1.78. The minimum absolute atomic E-state index is 0.0360. The normalized spacial score (nSPS) is 27.2. The third-order valence-electron chi connectivity index (χ3n) is 4.27. The first-order chi connectivity index (χ1) is 9.83. The highest BCUT2D eigenvalue weighted by molar-refractivity contribution is 5.73. The van der Waals surface area contributed by atoms with E-state index in [4.69, 9.17) is 10.5 Å². The molecule has 0 aromatic heterocycles. The van der Waals surface area contributed by atoms with Crippen LogP contribution in [0.5, 0.6) is 0 Å². The van der Waals surface area contributed by atoms with E-state index in [0.29, 0.717) is 11.9 Å². The highest BCUT2D eigenvalue weighted by Crippen LogP contribution is 2.48. The van der Waals surface area contributed by atoms with Crippen LogP contribution in [0.2, 0.25) is 0 Å². The molecule has 2 aliphatic rings. The molecule has 0 saturated heterocycles. The number of nitrogens with two attached hydrogens (primary N) is 1. The Hall–Kier alpha value is -2.29. The minimum Gasteiger partial charge on any atom is -0.457 e.